The molecule has 0 saturated heterocycles. The predicted molar refractivity (Wildman–Crippen MR) is 85.8 cm³/mol. The average Bonchev–Trinajstić information content (AvgIpc) is 3.19. The van der Waals surface area contributed by atoms with Gasteiger partial charge in [-0.05, 0) is 35.7 Å². The summed E-state index contributed by atoms with van der Waals surface area (Å²) in [7, 11) is -3.57. The van der Waals surface area contributed by atoms with Crippen molar-refractivity contribution in [1.82, 2.24) is 4.72 Å². The molecule has 23 heavy (non-hydrogen) atoms. The molecular weight excluding hydrogens is 316 g/mol. The molecule has 7 heteroatoms. The standard InChI is InChI=1S/C16H16N2O4S/c19-23(20,18-8-7-13-3-1-2-4-14(13)18)17-10-12-5-6-15-16(9-12)22-11-21-15/h1-6,9,17H,7-8,10-11H2. The normalized spacial score (nSPS) is 15.7. The van der Waals surface area contributed by atoms with Crippen molar-refractivity contribution < 1.29 is 17.9 Å². The minimum Gasteiger partial charge on any atom is -0.454 e. The highest BCUT2D eigenvalue weighted by Gasteiger charge is 2.28. The van der Waals surface area contributed by atoms with Gasteiger partial charge >= 0.3 is 10.2 Å². The van der Waals surface area contributed by atoms with E-state index >= 15 is 0 Å². The Morgan fingerprint density at radius 2 is 1.91 bits per heavy atom. The number of hydrogen-bond acceptors (Lipinski definition) is 4. The molecule has 2 aromatic rings. The Bertz CT molecular complexity index is 851. The van der Waals surface area contributed by atoms with Gasteiger partial charge in [0.1, 0.15) is 0 Å². The van der Waals surface area contributed by atoms with Crippen LogP contribution in [0.15, 0.2) is 42.5 Å². The van der Waals surface area contributed by atoms with Crippen molar-refractivity contribution in [2.75, 3.05) is 17.6 Å². The Labute approximate surface area is 134 Å². The minimum absolute atomic E-state index is 0.203. The number of fused-ring (bicyclic) bond motifs is 2. The molecule has 0 atom stereocenters. The molecule has 2 heterocycles. The molecule has 2 aromatic carbocycles. The molecule has 0 saturated carbocycles. The molecule has 0 amide bonds. The maximum absolute atomic E-state index is 12.6. The first-order valence-corrected chi connectivity index (χ1v) is 8.81. The fraction of sp³-hybridized carbons (Fsp3) is 0.250. The maximum atomic E-state index is 12.6. The smallest absolute Gasteiger partial charge is 0.301 e. The molecule has 0 aliphatic carbocycles. The molecule has 2 aliphatic rings. The van der Waals surface area contributed by atoms with Crippen molar-refractivity contribution in [2.24, 2.45) is 0 Å². The van der Waals surface area contributed by atoms with Gasteiger partial charge in [0, 0.05) is 13.1 Å². The molecule has 0 aromatic heterocycles. The van der Waals surface area contributed by atoms with Crippen molar-refractivity contribution in [2.45, 2.75) is 13.0 Å². The molecule has 1 N–H and O–H groups in total. The number of rotatable bonds is 4. The van der Waals surface area contributed by atoms with Crippen LogP contribution >= 0.6 is 0 Å². The van der Waals surface area contributed by atoms with Gasteiger partial charge < -0.3 is 9.47 Å². The molecule has 0 bridgehead atoms. The van der Waals surface area contributed by atoms with Gasteiger partial charge in [-0.2, -0.15) is 13.1 Å². The van der Waals surface area contributed by atoms with Gasteiger partial charge in [0.2, 0.25) is 6.79 Å². The monoisotopic (exact) mass is 332 g/mol. The van der Waals surface area contributed by atoms with Crippen LogP contribution in [0.2, 0.25) is 0 Å². The Kier molecular flexibility index (Phi) is 3.39. The molecule has 0 radical (unpaired) electrons. The van der Waals surface area contributed by atoms with E-state index in [0.717, 1.165) is 23.2 Å². The summed E-state index contributed by atoms with van der Waals surface area (Å²) < 4.78 is 39.8. The molecular formula is C16H16N2O4S. The van der Waals surface area contributed by atoms with E-state index in [-0.39, 0.29) is 13.3 Å². The summed E-state index contributed by atoms with van der Waals surface area (Å²) in [6, 6.07) is 13.0. The molecule has 0 spiro atoms. The van der Waals surface area contributed by atoms with E-state index in [0.29, 0.717) is 18.0 Å². The number of ether oxygens (including phenoxy) is 2. The lowest BCUT2D eigenvalue weighted by atomic mass is 10.2. The van der Waals surface area contributed by atoms with E-state index < -0.39 is 10.2 Å². The summed E-state index contributed by atoms with van der Waals surface area (Å²) in [4.78, 5) is 0. The molecule has 4 rings (SSSR count). The zero-order valence-corrected chi connectivity index (χ0v) is 13.2. The third-order valence-corrected chi connectivity index (χ3v) is 5.50. The van der Waals surface area contributed by atoms with Gasteiger partial charge in [0.15, 0.2) is 11.5 Å². The molecule has 0 unspecified atom stereocenters. The summed E-state index contributed by atoms with van der Waals surface area (Å²) in [5.41, 5.74) is 2.64. The lowest BCUT2D eigenvalue weighted by Gasteiger charge is -2.20. The van der Waals surface area contributed by atoms with E-state index in [9.17, 15) is 8.42 Å². The predicted octanol–water partition coefficient (Wildman–Crippen LogP) is 1.81. The topological polar surface area (TPSA) is 67.9 Å². The number of anilines is 1. The molecule has 120 valence electrons. The van der Waals surface area contributed by atoms with Gasteiger partial charge in [-0.3, -0.25) is 4.31 Å². The Hall–Kier alpha value is -2.25. The van der Waals surface area contributed by atoms with Crippen molar-refractivity contribution in [1.29, 1.82) is 0 Å². The number of hydrogen-bond donors (Lipinski definition) is 1. The Morgan fingerprint density at radius 3 is 2.83 bits per heavy atom. The van der Waals surface area contributed by atoms with E-state index in [1.165, 1.54) is 4.31 Å². The summed E-state index contributed by atoms with van der Waals surface area (Å²) in [6.45, 7) is 0.878. The third kappa shape index (κ3) is 2.62. The molecule has 0 fully saturated rings. The second-order valence-corrected chi connectivity index (χ2v) is 7.14. The second kappa shape index (κ2) is 5.43. The summed E-state index contributed by atoms with van der Waals surface area (Å²) in [5.74, 6) is 1.33. The highest BCUT2D eigenvalue weighted by Crippen LogP contribution is 2.33. The first kappa shape index (κ1) is 14.3. The highest BCUT2D eigenvalue weighted by atomic mass is 32.2. The van der Waals surface area contributed by atoms with E-state index in [1.807, 2.05) is 30.3 Å². The van der Waals surface area contributed by atoms with Crippen LogP contribution in [0.5, 0.6) is 11.5 Å². The van der Waals surface area contributed by atoms with Crippen molar-refractivity contribution >= 4 is 15.9 Å². The van der Waals surface area contributed by atoms with Gasteiger partial charge in [-0.25, -0.2) is 0 Å². The number of benzene rings is 2. The third-order valence-electron chi connectivity index (χ3n) is 4.03. The van der Waals surface area contributed by atoms with Crippen LogP contribution in [0, 0.1) is 0 Å². The van der Waals surface area contributed by atoms with Crippen molar-refractivity contribution in [3.05, 3.63) is 53.6 Å². The van der Waals surface area contributed by atoms with Crippen LogP contribution in [0.4, 0.5) is 5.69 Å². The average molecular weight is 332 g/mol. The second-order valence-electron chi connectivity index (χ2n) is 5.46. The molecule has 2 aliphatic heterocycles. The Balaban J connectivity index is 1.50. The van der Waals surface area contributed by atoms with Gasteiger partial charge in [-0.1, -0.05) is 24.3 Å². The largest absolute Gasteiger partial charge is 0.454 e. The van der Waals surface area contributed by atoms with E-state index in [4.69, 9.17) is 9.47 Å². The van der Waals surface area contributed by atoms with Crippen LogP contribution in [-0.2, 0) is 23.2 Å². The SMILES string of the molecule is O=S(=O)(NCc1ccc2c(c1)OCO2)N1CCc2ccccc21. The summed E-state index contributed by atoms with van der Waals surface area (Å²) in [6.07, 6.45) is 0.737. The fourth-order valence-electron chi connectivity index (χ4n) is 2.86. The summed E-state index contributed by atoms with van der Waals surface area (Å²) >= 11 is 0. The van der Waals surface area contributed by atoms with Crippen molar-refractivity contribution in [3.8, 4) is 11.5 Å². The highest BCUT2D eigenvalue weighted by molar-refractivity contribution is 7.90. The number of nitrogens with zero attached hydrogens (tertiary/aromatic N) is 1. The van der Waals surface area contributed by atoms with Gasteiger partial charge in [0.25, 0.3) is 0 Å². The zero-order valence-electron chi connectivity index (χ0n) is 12.4. The minimum atomic E-state index is -3.57. The van der Waals surface area contributed by atoms with E-state index in [1.54, 1.807) is 12.1 Å². The number of nitrogens with one attached hydrogen (secondary N) is 1. The lowest BCUT2D eigenvalue weighted by Crippen LogP contribution is -2.39. The zero-order chi connectivity index (χ0) is 15.9. The van der Waals surface area contributed by atoms with Crippen molar-refractivity contribution in [3.63, 3.8) is 0 Å². The van der Waals surface area contributed by atoms with E-state index in [2.05, 4.69) is 4.72 Å². The van der Waals surface area contributed by atoms with Crippen LogP contribution in [0.3, 0.4) is 0 Å². The van der Waals surface area contributed by atoms with Crippen LogP contribution in [-0.4, -0.2) is 21.8 Å². The Morgan fingerprint density at radius 1 is 1.09 bits per heavy atom. The fourth-order valence-corrected chi connectivity index (χ4v) is 4.13. The van der Waals surface area contributed by atoms with Crippen LogP contribution in [0.1, 0.15) is 11.1 Å². The van der Waals surface area contributed by atoms with Crippen LogP contribution < -0.4 is 18.5 Å². The molecule has 6 nitrogen and oxygen atoms in total. The van der Waals surface area contributed by atoms with Gasteiger partial charge in [0.05, 0.1) is 5.69 Å². The first-order valence-electron chi connectivity index (χ1n) is 7.37. The quantitative estimate of drug-likeness (QED) is 0.927. The summed E-state index contributed by atoms with van der Waals surface area (Å²) in [5, 5.41) is 0. The first-order chi connectivity index (χ1) is 11.1. The number of para-hydroxylation sites is 1. The lowest BCUT2D eigenvalue weighted by molar-refractivity contribution is 0.174. The van der Waals surface area contributed by atoms with Crippen LogP contribution in [0.25, 0.3) is 0 Å². The maximum Gasteiger partial charge on any atom is 0.301 e. The van der Waals surface area contributed by atoms with Gasteiger partial charge in [-0.15, -0.1) is 0 Å².